The zero-order chi connectivity index (χ0) is 21.3. The molecule has 3 aromatic rings. The second-order valence-electron chi connectivity index (χ2n) is 6.63. The van der Waals surface area contributed by atoms with Gasteiger partial charge in [0.2, 0.25) is 0 Å². The molecule has 1 heterocycles. The Morgan fingerprint density at radius 2 is 1.80 bits per heavy atom. The number of hydrogen-bond donors (Lipinski definition) is 0. The number of ether oxygens (including phenoxy) is 3. The Labute approximate surface area is 181 Å². The Kier molecular flexibility index (Phi) is 7.82. The lowest BCUT2D eigenvalue weighted by Crippen LogP contribution is -2.11. The van der Waals surface area contributed by atoms with Gasteiger partial charge in [-0.3, -0.25) is 9.78 Å². The van der Waals surface area contributed by atoms with Gasteiger partial charge < -0.3 is 14.2 Å². The number of carbonyl (C=O) groups is 1. The van der Waals surface area contributed by atoms with Crippen molar-refractivity contribution in [2.24, 2.45) is 0 Å². The minimum absolute atomic E-state index is 0.174. The van der Waals surface area contributed by atoms with E-state index in [1.807, 2.05) is 61.5 Å². The van der Waals surface area contributed by atoms with Crippen LogP contribution in [-0.2, 0) is 20.9 Å². The highest BCUT2D eigenvalue weighted by Crippen LogP contribution is 2.29. The van der Waals surface area contributed by atoms with Crippen LogP contribution in [0, 0.1) is 0 Å². The first-order chi connectivity index (χ1) is 14.6. The number of nitrogens with zero attached hydrogens (tertiary/aromatic N) is 1. The van der Waals surface area contributed by atoms with Gasteiger partial charge in [0.1, 0.15) is 12.4 Å². The number of rotatable bonds is 9. The smallest absolute Gasteiger partial charge is 0.308 e. The average Bonchev–Trinajstić information content (AvgIpc) is 2.79. The quantitative estimate of drug-likeness (QED) is 0.416. The van der Waals surface area contributed by atoms with Gasteiger partial charge in [0.05, 0.1) is 19.6 Å². The highest BCUT2D eigenvalue weighted by atomic mass is 35.5. The molecule has 0 aliphatic rings. The molecule has 5 nitrogen and oxygen atoms in total. The van der Waals surface area contributed by atoms with Crippen molar-refractivity contribution in [1.82, 2.24) is 4.98 Å². The zero-order valence-electron chi connectivity index (χ0n) is 17.0. The van der Waals surface area contributed by atoms with Crippen LogP contribution in [0.2, 0.25) is 5.02 Å². The summed E-state index contributed by atoms with van der Waals surface area (Å²) in [5, 5.41) is 0.682. The van der Waals surface area contributed by atoms with Gasteiger partial charge in [-0.2, -0.15) is 0 Å². The van der Waals surface area contributed by atoms with E-state index in [-0.39, 0.29) is 18.5 Å². The third kappa shape index (κ3) is 5.81. The number of pyridine rings is 1. The largest absolute Gasteiger partial charge is 0.489 e. The van der Waals surface area contributed by atoms with Gasteiger partial charge in [-0.05, 0) is 60.0 Å². The third-order valence-electron chi connectivity index (χ3n) is 4.63. The molecule has 156 valence electrons. The molecule has 0 aliphatic carbocycles. The summed E-state index contributed by atoms with van der Waals surface area (Å²) in [7, 11) is 1.37. The average molecular weight is 426 g/mol. The highest BCUT2D eigenvalue weighted by Gasteiger charge is 2.17. The summed E-state index contributed by atoms with van der Waals surface area (Å²) in [6, 6.07) is 17.2. The molecule has 6 heteroatoms. The highest BCUT2D eigenvalue weighted by molar-refractivity contribution is 6.33. The molecule has 3 rings (SSSR count). The summed E-state index contributed by atoms with van der Waals surface area (Å²) in [6.07, 6.45) is 3.32. The van der Waals surface area contributed by atoms with Crippen molar-refractivity contribution < 1.29 is 19.0 Å². The fraction of sp³-hybridized carbons (Fsp3) is 0.250. The molecule has 2 aromatic carbocycles. The van der Waals surface area contributed by atoms with Crippen LogP contribution >= 0.6 is 11.6 Å². The monoisotopic (exact) mass is 425 g/mol. The van der Waals surface area contributed by atoms with Crippen molar-refractivity contribution in [3.8, 4) is 16.9 Å². The van der Waals surface area contributed by atoms with E-state index < -0.39 is 0 Å². The Morgan fingerprint density at radius 1 is 1.07 bits per heavy atom. The van der Waals surface area contributed by atoms with Crippen molar-refractivity contribution in [3.05, 3.63) is 83.1 Å². The lowest BCUT2D eigenvalue weighted by atomic mass is 10.0. The summed E-state index contributed by atoms with van der Waals surface area (Å²) in [6.45, 7) is 2.82. The summed E-state index contributed by atoms with van der Waals surface area (Å²) < 4.78 is 16.4. The minimum Gasteiger partial charge on any atom is -0.489 e. The van der Waals surface area contributed by atoms with Crippen LogP contribution in [-0.4, -0.2) is 24.7 Å². The topological polar surface area (TPSA) is 57.7 Å². The van der Waals surface area contributed by atoms with E-state index in [2.05, 4.69) is 4.98 Å². The Bertz CT molecular complexity index is 961. The first-order valence-electron chi connectivity index (χ1n) is 9.70. The van der Waals surface area contributed by atoms with Gasteiger partial charge in [0.25, 0.3) is 0 Å². The van der Waals surface area contributed by atoms with E-state index in [9.17, 15) is 4.79 Å². The third-order valence-corrected chi connectivity index (χ3v) is 4.96. The number of hydrogen-bond acceptors (Lipinski definition) is 5. The molecule has 30 heavy (non-hydrogen) atoms. The summed E-state index contributed by atoms with van der Waals surface area (Å²) >= 11 is 6.36. The second kappa shape index (κ2) is 10.8. The van der Waals surface area contributed by atoms with Gasteiger partial charge in [0.15, 0.2) is 0 Å². The Morgan fingerprint density at radius 3 is 2.47 bits per heavy atom. The molecule has 0 aliphatic heterocycles. The SMILES string of the molecule is CCO[C@@H](CC(=O)OC)c1ccc(OCc2ccc(Cl)c(-c3ccncc3)c2)cc1. The first-order valence-corrected chi connectivity index (χ1v) is 10.1. The molecule has 0 radical (unpaired) electrons. The van der Waals surface area contributed by atoms with Crippen LogP contribution in [0.1, 0.15) is 30.6 Å². The maximum Gasteiger partial charge on any atom is 0.308 e. The molecule has 0 N–H and O–H groups in total. The van der Waals surface area contributed by atoms with E-state index in [4.69, 9.17) is 25.8 Å². The van der Waals surface area contributed by atoms with E-state index in [0.717, 1.165) is 28.0 Å². The van der Waals surface area contributed by atoms with E-state index in [1.54, 1.807) is 12.4 Å². The van der Waals surface area contributed by atoms with Crippen LogP contribution in [0.3, 0.4) is 0 Å². The van der Waals surface area contributed by atoms with Gasteiger partial charge in [0, 0.05) is 29.6 Å². The fourth-order valence-corrected chi connectivity index (χ4v) is 3.30. The molecule has 0 saturated heterocycles. The molecule has 0 spiro atoms. The maximum atomic E-state index is 11.6. The Hall–Kier alpha value is -2.89. The first kappa shape index (κ1) is 21.8. The molecule has 0 bridgehead atoms. The standard InChI is InChI=1S/C24H24ClNO4/c1-3-29-23(15-24(27)28-2)19-5-7-20(8-6-19)30-16-17-4-9-22(25)21(14-17)18-10-12-26-13-11-18/h4-14,23H,3,15-16H2,1-2H3/t23-/m0/s1. The molecule has 0 saturated carbocycles. The number of carbonyl (C=O) groups excluding carboxylic acids is 1. The number of methoxy groups -OCH3 is 1. The molecule has 0 fully saturated rings. The van der Waals surface area contributed by atoms with Gasteiger partial charge in [-0.25, -0.2) is 0 Å². The number of aromatic nitrogens is 1. The van der Waals surface area contributed by atoms with Crippen molar-refractivity contribution >= 4 is 17.6 Å². The summed E-state index contributed by atoms with van der Waals surface area (Å²) in [5.41, 5.74) is 3.86. The molecule has 0 unspecified atom stereocenters. The molecular formula is C24H24ClNO4. The van der Waals surface area contributed by atoms with E-state index in [0.29, 0.717) is 18.2 Å². The van der Waals surface area contributed by atoms with E-state index in [1.165, 1.54) is 7.11 Å². The van der Waals surface area contributed by atoms with Crippen LogP contribution in [0.15, 0.2) is 67.0 Å². The van der Waals surface area contributed by atoms with Crippen molar-refractivity contribution in [3.63, 3.8) is 0 Å². The lowest BCUT2D eigenvalue weighted by Gasteiger charge is -2.17. The normalized spacial score (nSPS) is 11.7. The second-order valence-corrected chi connectivity index (χ2v) is 7.04. The lowest BCUT2D eigenvalue weighted by molar-refractivity contribution is -0.143. The number of benzene rings is 2. The number of halogens is 1. The van der Waals surface area contributed by atoms with Crippen LogP contribution < -0.4 is 4.74 Å². The zero-order valence-corrected chi connectivity index (χ0v) is 17.8. The van der Waals surface area contributed by atoms with Gasteiger partial charge >= 0.3 is 5.97 Å². The van der Waals surface area contributed by atoms with Gasteiger partial charge in [-0.1, -0.05) is 29.8 Å². The van der Waals surface area contributed by atoms with Crippen LogP contribution in [0.5, 0.6) is 5.75 Å². The molecular weight excluding hydrogens is 402 g/mol. The van der Waals surface area contributed by atoms with Gasteiger partial charge in [-0.15, -0.1) is 0 Å². The van der Waals surface area contributed by atoms with Crippen molar-refractivity contribution in [2.45, 2.75) is 26.1 Å². The fourth-order valence-electron chi connectivity index (χ4n) is 3.07. The Balaban J connectivity index is 1.67. The predicted octanol–water partition coefficient (Wildman–Crippen LogP) is 5.62. The summed E-state index contributed by atoms with van der Waals surface area (Å²) in [5.74, 6) is 0.425. The number of esters is 1. The maximum absolute atomic E-state index is 11.6. The molecule has 1 aromatic heterocycles. The van der Waals surface area contributed by atoms with E-state index >= 15 is 0 Å². The predicted molar refractivity (Wildman–Crippen MR) is 116 cm³/mol. The van der Waals surface area contributed by atoms with Crippen molar-refractivity contribution in [2.75, 3.05) is 13.7 Å². The molecule has 0 amide bonds. The van der Waals surface area contributed by atoms with Crippen LogP contribution in [0.25, 0.3) is 11.1 Å². The van der Waals surface area contributed by atoms with Crippen LogP contribution in [0.4, 0.5) is 0 Å². The van der Waals surface area contributed by atoms with Crippen molar-refractivity contribution in [1.29, 1.82) is 0 Å². The molecule has 1 atom stereocenters. The summed E-state index contributed by atoms with van der Waals surface area (Å²) in [4.78, 5) is 15.7. The minimum atomic E-state index is -0.337.